The van der Waals surface area contributed by atoms with Crippen molar-refractivity contribution in [1.29, 1.82) is 0 Å². The Bertz CT molecular complexity index is 791. The number of carbonyl (C=O) groups is 1. The van der Waals surface area contributed by atoms with Gasteiger partial charge in [-0.25, -0.2) is 0 Å². The highest BCUT2D eigenvalue weighted by molar-refractivity contribution is 7.16. The second-order valence-corrected chi connectivity index (χ2v) is 8.93. The summed E-state index contributed by atoms with van der Waals surface area (Å²) in [5, 5.41) is 3.70. The second-order valence-electron chi connectivity index (χ2n) is 7.79. The van der Waals surface area contributed by atoms with E-state index in [4.69, 9.17) is 5.73 Å². The third-order valence-electron chi connectivity index (χ3n) is 5.93. The van der Waals surface area contributed by atoms with E-state index in [1.165, 1.54) is 16.9 Å². The molecule has 1 heterocycles. The average Bonchev–Trinajstić information content (AvgIpc) is 2.91. The Balaban J connectivity index is 1.86. The number of amides is 1. The van der Waals surface area contributed by atoms with Gasteiger partial charge in [-0.05, 0) is 54.7 Å². The lowest BCUT2D eigenvalue weighted by atomic mass is 9.69. The van der Waals surface area contributed by atoms with E-state index >= 15 is 0 Å². The first kappa shape index (κ1) is 18.0. The van der Waals surface area contributed by atoms with Crippen LogP contribution in [-0.4, -0.2) is 5.91 Å². The number of thiophene rings is 1. The van der Waals surface area contributed by atoms with Crippen LogP contribution >= 0.6 is 11.3 Å². The van der Waals surface area contributed by atoms with Crippen LogP contribution in [0.3, 0.4) is 0 Å². The Morgan fingerprint density at radius 3 is 2.76 bits per heavy atom. The Kier molecular flexibility index (Phi) is 4.92. The smallest absolute Gasteiger partial charge is 0.258 e. The van der Waals surface area contributed by atoms with Gasteiger partial charge in [-0.1, -0.05) is 45.4 Å². The second kappa shape index (κ2) is 6.83. The molecule has 1 unspecified atom stereocenters. The number of nitrogens with one attached hydrogen (secondary N) is 1. The predicted octanol–water partition coefficient (Wildman–Crippen LogP) is 5.43. The summed E-state index contributed by atoms with van der Waals surface area (Å²) in [6, 6.07) is 7.84. The fourth-order valence-electron chi connectivity index (χ4n) is 3.71. The van der Waals surface area contributed by atoms with Crippen molar-refractivity contribution in [2.24, 2.45) is 11.3 Å². The summed E-state index contributed by atoms with van der Waals surface area (Å²) in [7, 11) is 0. The van der Waals surface area contributed by atoms with E-state index < -0.39 is 0 Å². The minimum absolute atomic E-state index is 0.0718. The molecule has 0 fully saturated rings. The van der Waals surface area contributed by atoms with Gasteiger partial charge in [0, 0.05) is 10.6 Å². The Hall–Kier alpha value is -1.81. The fraction of sp³-hybridized carbons (Fsp3) is 0.476. The Morgan fingerprint density at radius 2 is 2.08 bits per heavy atom. The van der Waals surface area contributed by atoms with Crippen molar-refractivity contribution in [3.8, 4) is 0 Å². The molecule has 0 saturated carbocycles. The van der Waals surface area contributed by atoms with Crippen LogP contribution in [0.1, 0.15) is 60.0 Å². The molecule has 1 aromatic heterocycles. The van der Waals surface area contributed by atoms with E-state index in [0.717, 1.165) is 30.5 Å². The quantitative estimate of drug-likeness (QED) is 0.767. The van der Waals surface area contributed by atoms with Crippen molar-refractivity contribution < 1.29 is 4.79 Å². The van der Waals surface area contributed by atoms with E-state index in [1.807, 2.05) is 31.2 Å². The van der Waals surface area contributed by atoms with Crippen LogP contribution < -0.4 is 11.1 Å². The molecule has 25 heavy (non-hydrogen) atoms. The summed E-state index contributed by atoms with van der Waals surface area (Å²) in [5.74, 6) is 0.591. The third-order valence-corrected chi connectivity index (χ3v) is 7.01. The SMILES string of the molecule is CCC(C)(C)C1CCc2c(sc(N)c2C(=O)Nc2ccccc2C)C1. The highest BCUT2D eigenvalue weighted by atomic mass is 32.1. The molecule has 0 saturated heterocycles. The molecule has 0 aliphatic heterocycles. The lowest BCUT2D eigenvalue weighted by molar-refractivity contribution is 0.102. The topological polar surface area (TPSA) is 55.1 Å². The molecule has 0 radical (unpaired) electrons. The lowest BCUT2D eigenvalue weighted by Crippen LogP contribution is -2.29. The normalized spacial score (nSPS) is 17.2. The predicted molar refractivity (Wildman–Crippen MR) is 107 cm³/mol. The molecule has 2 aromatic rings. The first-order chi connectivity index (χ1) is 11.8. The van der Waals surface area contributed by atoms with Gasteiger partial charge in [0.2, 0.25) is 0 Å². The number of rotatable bonds is 4. The van der Waals surface area contributed by atoms with Gasteiger partial charge in [0.05, 0.1) is 10.6 Å². The highest BCUT2D eigenvalue weighted by Gasteiger charge is 2.34. The van der Waals surface area contributed by atoms with Crippen LogP contribution in [-0.2, 0) is 12.8 Å². The summed E-state index contributed by atoms with van der Waals surface area (Å²) >= 11 is 1.61. The number of benzene rings is 1. The molecule has 3 nitrogen and oxygen atoms in total. The van der Waals surface area contributed by atoms with Gasteiger partial charge in [-0.2, -0.15) is 0 Å². The zero-order chi connectivity index (χ0) is 18.2. The third kappa shape index (κ3) is 3.45. The van der Waals surface area contributed by atoms with Crippen molar-refractivity contribution in [2.45, 2.75) is 53.4 Å². The number of anilines is 2. The minimum atomic E-state index is -0.0718. The molecule has 3 N–H and O–H groups in total. The molecule has 1 aliphatic carbocycles. The Labute approximate surface area is 154 Å². The van der Waals surface area contributed by atoms with Gasteiger partial charge in [-0.15, -0.1) is 11.3 Å². The van der Waals surface area contributed by atoms with Crippen LogP contribution in [0.4, 0.5) is 10.7 Å². The van der Waals surface area contributed by atoms with Gasteiger partial charge in [-0.3, -0.25) is 4.79 Å². The van der Waals surface area contributed by atoms with E-state index in [9.17, 15) is 4.79 Å². The maximum Gasteiger partial charge on any atom is 0.258 e. The molecule has 1 amide bonds. The fourth-order valence-corrected chi connectivity index (χ4v) is 4.91. The first-order valence-electron chi connectivity index (χ1n) is 9.10. The number of para-hydroxylation sites is 1. The zero-order valence-electron chi connectivity index (χ0n) is 15.6. The zero-order valence-corrected chi connectivity index (χ0v) is 16.4. The van der Waals surface area contributed by atoms with Crippen LogP contribution in [0.25, 0.3) is 0 Å². The van der Waals surface area contributed by atoms with Crippen LogP contribution in [0, 0.1) is 18.3 Å². The van der Waals surface area contributed by atoms with Gasteiger partial charge in [0.1, 0.15) is 0 Å². The van der Waals surface area contributed by atoms with E-state index in [0.29, 0.717) is 21.9 Å². The summed E-state index contributed by atoms with van der Waals surface area (Å²) < 4.78 is 0. The summed E-state index contributed by atoms with van der Waals surface area (Å²) in [6.07, 6.45) is 4.31. The number of hydrogen-bond donors (Lipinski definition) is 2. The maximum absolute atomic E-state index is 12.9. The van der Waals surface area contributed by atoms with Gasteiger partial charge >= 0.3 is 0 Å². The number of fused-ring (bicyclic) bond motifs is 1. The van der Waals surface area contributed by atoms with Gasteiger partial charge < -0.3 is 11.1 Å². The monoisotopic (exact) mass is 356 g/mol. The van der Waals surface area contributed by atoms with Crippen LogP contribution in [0.2, 0.25) is 0 Å². The largest absolute Gasteiger partial charge is 0.390 e. The van der Waals surface area contributed by atoms with E-state index in [-0.39, 0.29) is 5.91 Å². The first-order valence-corrected chi connectivity index (χ1v) is 9.92. The van der Waals surface area contributed by atoms with Crippen LogP contribution in [0.5, 0.6) is 0 Å². The molecule has 1 atom stereocenters. The standard InChI is InChI=1S/C21H28N2OS/c1-5-21(3,4)14-10-11-15-17(12-14)25-19(22)18(15)20(24)23-16-9-7-6-8-13(16)2/h6-9,14H,5,10-12,22H2,1-4H3,(H,23,24). The average molecular weight is 357 g/mol. The molecule has 134 valence electrons. The number of carbonyl (C=O) groups excluding carboxylic acids is 1. The summed E-state index contributed by atoms with van der Waals surface area (Å²) in [5.41, 5.74) is 10.4. The summed E-state index contributed by atoms with van der Waals surface area (Å²) in [6.45, 7) is 8.97. The van der Waals surface area contributed by atoms with Crippen molar-refractivity contribution in [1.82, 2.24) is 0 Å². The summed E-state index contributed by atoms with van der Waals surface area (Å²) in [4.78, 5) is 14.2. The number of nitrogen functional groups attached to an aromatic ring is 1. The number of hydrogen-bond acceptors (Lipinski definition) is 3. The molecule has 0 bridgehead atoms. The van der Waals surface area contributed by atoms with E-state index in [2.05, 4.69) is 26.1 Å². The molecule has 1 aliphatic rings. The van der Waals surface area contributed by atoms with Crippen molar-refractivity contribution in [3.63, 3.8) is 0 Å². The van der Waals surface area contributed by atoms with Crippen LogP contribution in [0.15, 0.2) is 24.3 Å². The number of nitrogens with two attached hydrogens (primary N) is 1. The molecule has 0 spiro atoms. The molecule has 3 rings (SSSR count). The highest BCUT2D eigenvalue weighted by Crippen LogP contribution is 2.44. The van der Waals surface area contributed by atoms with Crippen molar-refractivity contribution in [3.05, 3.63) is 45.8 Å². The van der Waals surface area contributed by atoms with E-state index in [1.54, 1.807) is 11.3 Å². The molecular formula is C21H28N2OS. The Morgan fingerprint density at radius 1 is 1.36 bits per heavy atom. The molecule has 1 aromatic carbocycles. The maximum atomic E-state index is 12.9. The lowest BCUT2D eigenvalue weighted by Gasteiger charge is -2.36. The number of aryl methyl sites for hydroxylation is 1. The van der Waals surface area contributed by atoms with Gasteiger partial charge in [0.15, 0.2) is 0 Å². The van der Waals surface area contributed by atoms with Gasteiger partial charge in [0.25, 0.3) is 5.91 Å². The van der Waals surface area contributed by atoms with Crippen molar-refractivity contribution >= 4 is 27.9 Å². The minimum Gasteiger partial charge on any atom is -0.390 e. The molecular weight excluding hydrogens is 328 g/mol. The van der Waals surface area contributed by atoms with Crippen molar-refractivity contribution in [2.75, 3.05) is 11.1 Å². The molecule has 4 heteroatoms.